The predicted octanol–water partition coefficient (Wildman–Crippen LogP) is 3.10. The van der Waals surface area contributed by atoms with E-state index >= 15 is 0 Å². The summed E-state index contributed by atoms with van der Waals surface area (Å²) in [6, 6.07) is 6.15. The van der Waals surface area contributed by atoms with Gasteiger partial charge in [-0.25, -0.2) is 9.82 Å². The molecular weight excluding hydrogens is 275 g/mol. The first-order valence-electron chi connectivity index (χ1n) is 5.19. The normalized spacial score (nSPS) is 12.4. The van der Waals surface area contributed by atoms with Crippen molar-refractivity contribution in [1.82, 2.24) is 5.43 Å². The standard InChI is InChI=1S/C12H12ClFN2OS/c1-17-10-3-2-7(6-9(10)14)11(16-15)12-8(13)4-5-18-12/h2-6,11,16H,15H2,1H3. The summed E-state index contributed by atoms with van der Waals surface area (Å²) in [5, 5.41) is 2.47. The first kappa shape index (κ1) is 13.3. The molecule has 0 amide bonds. The van der Waals surface area contributed by atoms with Crippen molar-refractivity contribution in [2.45, 2.75) is 6.04 Å². The second-order valence-electron chi connectivity index (χ2n) is 3.63. The number of rotatable bonds is 4. The van der Waals surface area contributed by atoms with Gasteiger partial charge >= 0.3 is 0 Å². The van der Waals surface area contributed by atoms with Crippen molar-refractivity contribution in [2.75, 3.05) is 7.11 Å². The van der Waals surface area contributed by atoms with Crippen LogP contribution in [0.25, 0.3) is 0 Å². The average Bonchev–Trinajstić information content (AvgIpc) is 2.77. The van der Waals surface area contributed by atoms with Gasteiger partial charge in [0.2, 0.25) is 0 Å². The van der Waals surface area contributed by atoms with Gasteiger partial charge in [0.15, 0.2) is 11.6 Å². The van der Waals surface area contributed by atoms with Crippen LogP contribution in [0.2, 0.25) is 5.02 Å². The zero-order chi connectivity index (χ0) is 13.1. The minimum atomic E-state index is -0.428. The van der Waals surface area contributed by atoms with Crippen LogP contribution in [0.1, 0.15) is 16.5 Å². The monoisotopic (exact) mass is 286 g/mol. The summed E-state index contributed by atoms with van der Waals surface area (Å²) in [6.45, 7) is 0. The molecule has 2 rings (SSSR count). The van der Waals surface area contributed by atoms with Crippen LogP contribution in [0.4, 0.5) is 4.39 Å². The highest BCUT2D eigenvalue weighted by Crippen LogP contribution is 2.33. The lowest BCUT2D eigenvalue weighted by Crippen LogP contribution is -2.28. The van der Waals surface area contributed by atoms with E-state index in [9.17, 15) is 4.39 Å². The fourth-order valence-corrected chi connectivity index (χ4v) is 2.95. The van der Waals surface area contributed by atoms with Crippen LogP contribution in [0, 0.1) is 5.82 Å². The molecule has 0 saturated heterocycles. The molecule has 0 aliphatic carbocycles. The molecule has 0 fully saturated rings. The van der Waals surface area contributed by atoms with E-state index in [4.69, 9.17) is 22.2 Å². The van der Waals surface area contributed by atoms with E-state index in [2.05, 4.69) is 5.43 Å². The topological polar surface area (TPSA) is 47.3 Å². The molecule has 1 heterocycles. The number of nitrogens with two attached hydrogens (primary N) is 1. The molecule has 96 valence electrons. The Hall–Kier alpha value is -1.14. The second kappa shape index (κ2) is 5.67. The third-order valence-corrected chi connectivity index (χ3v) is 4.01. The summed E-state index contributed by atoms with van der Waals surface area (Å²) in [5.74, 6) is 5.30. The lowest BCUT2D eigenvalue weighted by atomic mass is 10.1. The number of halogens is 2. The number of thiophene rings is 1. The van der Waals surface area contributed by atoms with Crippen molar-refractivity contribution < 1.29 is 9.13 Å². The van der Waals surface area contributed by atoms with Gasteiger partial charge in [-0.2, -0.15) is 0 Å². The summed E-state index contributed by atoms with van der Waals surface area (Å²) in [7, 11) is 1.42. The molecule has 0 spiro atoms. The van der Waals surface area contributed by atoms with Gasteiger partial charge < -0.3 is 4.74 Å². The third kappa shape index (κ3) is 2.49. The molecule has 0 bridgehead atoms. The van der Waals surface area contributed by atoms with E-state index in [0.717, 1.165) is 4.88 Å². The Morgan fingerprint density at radius 2 is 2.22 bits per heavy atom. The van der Waals surface area contributed by atoms with E-state index in [1.807, 2.05) is 5.38 Å². The van der Waals surface area contributed by atoms with Crippen LogP contribution in [-0.4, -0.2) is 7.11 Å². The predicted molar refractivity (Wildman–Crippen MR) is 71.4 cm³/mol. The smallest absolute Gasteiger partial charge is 0.165 e. The maximum absolute atomic E-state index is 13.7. The number of hydrogen-bond donors (Lipinski definition) is 2. The lowest BCUT2D eigenvalue weighted by molar-refractivity contribution is 0.386. The average molecular weight is 287 g/mol. The third-order valence-electron chi connectivity index (χ3n) is 2.58. The Morgan fingerprint density at radius 3 is 2.72 bits per heavy atom. The molecule has 0 saturated carbocycles. The molecule has 0 aliphatic rings. The molecule has 0 radical (unpaired) electrons. The van der Waals surface area contributed by atoms with E-state index in [1.165, 1.54) is 24.5 Å². The highest BCUT2D eigenvalue weighted by atomic mass is 35.5. The van der Waals surface area contributed by atoms with Gasteiger partial charge in [0.25, 0.3) is 0 Å². The number of nitrogens with one attached hydrogen (secondary N) is 1. The number of ether oxygens (including phenoxy) is 1. The van der Waals surface area contributed by atoms with Crippen LogP contribution in [0.3, 0.4) is 0 Å². The van der Waals surface area contributed by atoms with Crippen LogP contribution >= 0.6 is 22.9 Å². The maximum atomic E-state index is 13.7. The molecule has 6 heteroatoms. The highest BCUT2D eigenvalue weighted by molar-refractivity contribution is 7.10. The van der Waals surface area contributed by atoms with E-state index < -0.39 is 5.82 Å². The zero-order valence-corrected chi connectivity index (χ0v) is 11.2. The molecule has 1 atom stereocenters. The first-order valence-corrected chi connectivity index (χ1v) is 6.45. The maximum Gasteiger partial charge on any atom is 0.165 e. The summed E-state index contributed by atoms with van der Waals surface area (Å²) < 4.78 is 18.5. The van der Waals surface area contributed by atoms with Gasteiger partial charge in [-0.05, 0) is 29.1 Å². The summed E-state index contributed by atoms with van der Waals surface area (Å²) in [4.78, 5) is 0.851. The Balaban J connectivity index is 2.40. The van der Waals surface area contributed by atoms with Gasteiger partial charge in [-0.1, -0.05) is 17.7 Å². The van der Waals surface area contributed by atoms with Crippen molar-refractivity contribution in [3.8, 4) is 5.75 Å². The van der Waals surface area contributed by atoms with Gasteiger partial charge in [-0.3, -0.25) is 5.84 Å². The molecule has 1 unspecified atom stereocenters. The Morgan fingerprint density at radius 1 is 1.44 bits per heavy atom. The Labute approximate surface area is 113 Å². The second-order valence-corrected chi connectivity index (χ2v) is 4.98. The van der Waals surface area contributed by atoms with Crippen molar-refractivity contribution in [1.29, 1.82) is 0 Å². The molecular formula is C12H12ClFN2OS. The number of hydrazine groups is 1. The van der Waals surface area contributed by atoms with Gasteiger partial charge in [-0.15, -0.1) is 11.3 Å². The molecule has 0 aliphatic heterocycles. The minimum Gasteiger partial charge on any atom is -0.494 e. The quantitative estimate of drug-likeness (QED) is 0.671. The fraction of sp³-hybridized carbons (Fsp3) is 0.167. The molecule has 18 heavy (non-hydrogen) atoms. The number of hydrogen-bond acceptors (Lipinski definition) is 4. The molecule has 1 aromatic carbocycles. The lowest BCUT2D eigenvalue weighted by Gasteiger charge is -2.16. The summed E-state index contributed by atoms with van der Waals surface area (Å²) in [5.41, 5.74) is 3.34. The van der Waals surface area contributed by atoms with Crippen molar-refractivity contribution in [3.63, 3.8) is 0 Å². The van der Waals surface area contributed by atoms with E-state index in [-0.39, 0.29) is 11.8 Å². The molecule has 3 N–H and O–H groups in total. The zero-order valence-electron chi connectivity index (χ0n) is 9.61. The molecule has 2 aromatic rings. The first-order chi connectivity index (χ1) is 8.67. The van der Waals surface area contributed by atoms with Crippen LogP contribution < -0.4 is 16.0 Å². The van der Waals surface area contributed by atoms with Gasteiger partial charge in [0, 0.05) is 4.88 Å². The molecule has 1 aromatic heterocycles. The number of benzene rings is 1. The largest absolute Gasteiger partial charge is 0.494 e. The highest BCUT2D eigenvalue weighted by Gasteiger charge is 2.18. The Bertz CT molecular complexity index is 547. The van der Waals surface area contributed by atoms with Crippen LogP contribution in [-0.2, 0) is 0 Å². The summed E-state index contributed by atoms with van der Waals surface area (Å²) >= 11 is 7.52. The van der Waals surface area contributed by atoms with Gasteiger partial charge in [0.1, 0.15) is 0 Å². The SMILES string of the molecule is COc1ccc(C(NN)c2sccc2Cl)cc1F. The van der Waals surface area contributed by atoms with Crippen molar-refractivity contribution in [2.24, 2.45) is 5.84 Å². The number of methoxy groups -OCH3 is 1. The van der Waals surface area contributed by atoms with Gasteiger partial charge in [0.05, 0.1) is 18.2 Å². The minimum absolute atomic E-state index is 0.201. The summed E-state index contributed by atoms with van der Waals surface area (Å²) in [6.07, 6.45) is 0. The van der Waals surface area contributed by atoms with Crippen LogP contribution in [0.5, 0.6) is 5.75 Å². The van der Waals surface area contributed by atoms with E-state index in [1.54, 1.807) is 18.2 Å². The Kier molecular flexibility index (Phi) is 4.19. The van der Waals surface area contributed by atoms with E-state index in [0.29, 0.717) is 10.6 Å². The van der Waals surface area contributed by atoms with Crippen molar-refractivity contribution in [3.05, 3.63) is 50.9 Å². The molecule has 3 nitrogen and oxygen atoms in total. The van der Waals surface area contributed by atoms with Crippen LogP contribution in [0.15, 0.2) is 29.6 Å². The fourth-order valence-electron chi connectivity index (χ4n) is 1.70. The van der Waals surface area contributed by atoms with Crippen molar-refractivity contribution >= 4 is 22.9 Å².